The van der Waals surface area contributed by atoms with E-state index < -0.39 is 0 Å². The van der Waals surface area contributed by atoms with Gasteiger partial charge in [0.1, 0.15) is 12.1 Å². The van der Waals surface area contributed by atoms with Crippen molar-refractivity contribution in [1.82, 2.24) is 10.4 Å². The predicted molar refractivity (Wildman–Crippen MR) is 100 cm³/mol. The van der Waals surface area contributed by atoms with Crippen LogP contribution < -0.4 is 19.6 Å². The maximum Gasteiger partial charge on any atom is 0.161 e. The summed E-state index contributed by atoms with van der Waals surface area (Å²) in [5.74, 6) is 2.27. The monoisotopic (exact) mass is 363 g/mol. The van der Waals surface area contributed by atoms with Crippen molar-refractivity contribution in [2.24, 2.45) is 4.99 Å². The molecule has 0 fully saturated rings. The molecule has 1 heterocycles. The van der Waals surface area contributed by atoms with Crippen molar-refractivity contribution in [3.05, 3.63) is 47.5 Å². The minimum absolute atomic E-state index is 0. The van der Waals surface area contributed by atoms with Gasteiger partial charge in [-0.3, -0.25) is 5.01 Å². The van der Waals surface area contributed by atoms with E-state index in [2.05, 4.69) is 10.4 Å². The zero-order valence-electron chi connectivity index (χ0n) is 14.5. The van der Waals surface area contributed by atoms with Crippen LogP contribution in [-0.4, -0.2) is 32.7 Å². The van der Waals surface area contributed by atoms with Crippen molar-refractivity contribution in [2.75, 3.05) is 21.3 Å². The zero-order chi connectivity index (χ0) is 16.9. The second kappa shape index (κ2) is 8.60. The molecule has 0 spiro atoms. The number of nitrogens with one attached hydrogen (secondary N) is 1. The summed E-state index contributed by atoms with van der Waals surface area (Å²) in [6.07, 6.45) is 1.79. The summed E-state index contributed by atoms with van der Waals surface area (Å²) in [7, 11) is 4.93. The number of benzene rings is 2. The second-order valence-electron chi connectivity index (χ2n) is 5.39. The van der Waals surface area contributed by atoms with E-state index in [1.165, 1.54) is 0 Å². The molecule has 134 valence electrons. The number of nitrogens with zero attached hydrogens (tertiary/aromatic N) is 2. The van der Waals surface area contributed by atoms with Crippen LogP contribution in [0.25, 0.3) is 0 Å². The van der Waals surface area contributed by atoms with Crippen LogP contribution in [0, 0.1) is 0 Å². The minimum atomic E-state index is 0. The lowest BCUT2D eigenvalue weighted by Gasteiger charge is -2.25. The van der Waals surface area contributed by atoms with Crippen molar-refractivity contribution < 1.29 is 14.2 Å². The number of hydrogen-bond acceptors (Lipinski definition) is 6. The smallest absolute Gasteiger partial charge is 0.161 e. The molecule has 0 radical (unpaired) electrons. The Bertz CT molecular complexity index is 752. The molecule has 0 aromatic heterocycles. The van der Waals surface area contributed by atoms with E-state index in [0.29, 0.717) is 6.54 Å². The number of hydrazine groups is 1. The number of methoxy groups -OCH3 is 3. The van der Waals surface area contributed by atoms with Crippen molar-refractivity contribution in [2.45, 2.75) is 13.1 Å². The van der Waals surface area contributed by atoms with Crippen LogP contribution in [0.2, 0.25) is 0 Å². The van der Waals surface area contributed by atoms with Gasteiger partial charge >= 0.3 is 0 Å². The van der Waals surface area contributed by atoms with Gasteiger partial charge in [-0.2, -0.15) is 0 Å². The van der Waals surface area contributed by atoms with Gasteiger partial charge in [-0.05, 0) is 29.3 Å². The van der Waals surface area contributed by atoms with Gasteiger partial charge in [0.25, 0.3) is 0 Å². The molecule has 0 saturated heterocycles. The zero-order valence-corrected chi connectivity index (χ0v) is 15.3. The molecule has 6 nitrogen and oxygen atoms in total. The van der Waals surface area contributed by atoms with E-state index in [4.69, 9.17) is 14.2 Å². The van der Waals surface area contributed by atoms with Crippen LogP contribution in [0.1, 0.15) is 11.1 Å². The van der Waals surface area contributed by atoms with Crippen molar-refractivity contribution in [3.63, 3.8) is 0 Å². The van der Waals surface area contributed by atoms with Gasteiger partial charge in [0.15, 0.2) is 11.5 Å². The van der Waals surface area contributed by atoms with Crippen molar-refractivity contribution in [1.29, 1.82) is 0 Å². The summed E-state index contributed by atoms with van der Waals surface area (Å²) in [5.41, 5.74) is 6.55. The molecular formula is C18H22ClN3O3. The number of ether oxygens (including phenoxy) is 3. The highest BCUT2D eigenvalue weighted by Crippen LogP contribution is 2.29. The van der Waals surface area contributed by atoms with Gasteiger partial charge in [0, 0.05) is 12.6 Å². The Labute approximate surface area is 153 Å². The number of halogens is 1. The van der Waals surface area contributed by atoms with E-state index >= 15 is 0 Å². The van der Waals surface area contributed by atoms with Crippen LogP contribution in [0.15, 0.2) is 41.4 Å². The lowest BCUT2D eigenvalue weighted by atomic mass is 10.1. The number of rotatable bonds is 6. The van der Waals surface area contributed by atoms with Gasteiger partial charge in [-0.1, -0.05) is 12.1 Å². The third-order valence-electron chi connectivity index (χ3n) is 3.90. The highest BCUT2D eigenvalue weighted by atomic mass is 35.5. The largest absolute Gasteiger partial charge is 0.497 e. The predicted octanol–water partition coefficient (Wildman–Crippen LogP) is 3.31. The Morgan fingerprint density at radius 1 is 1.00 bits per heavy atom. The molecule has 0 saturated carbocycles. The molecule has 1 N–H and O–H groups in total. The molecule has 0 bridgehead atoms. The molecule has 3 rings (SSSR count). The number of fused-ring (bicyclic) bond motifs is 1. The van der Waals surface area contributed by atoms with Gasteiger partial charge in [-0.15, -0.1) is 12.4 Å². The van der Waals surface area contributed by atoms with Gasteiger partial charge in [-0.25, -0.2) is 10.4 Å². The molecule has 1 aliphatic rings. The first kappa shape index (κ1) is 18.9. The molecule has 7 heteroatoms. The van der Waals surface area contributed by atoms with Crippen LogP contribution in [0.5, 0.6) is 17.2 Å². The minimum Gasteiger partial charge on any atom is -0.497 e. The van der Waals surface area contributed by atoms with Crippen molar-refractivity contribution >= 4 is 24.4 Å². The molecule has 2 aromatic carbocycles. The lowest BCUT2D eigenvalue weighted by molar-refractivity contribution is 0.301. The van der Waals surface area contributed by atoms with E-state index in [1.807, 2.05) is 41.4 Å². The summed E-state index contributed by atoms with van der Waals surface area (Å²) in [4.78, 5) is 4.47. The first-order valence-corrected chi connectivity index (χ1v) is 7.65. The van der Waals surface area contributed by atoms with E-state index in [-0.39, 0.29) is 12.4 Å². The number of hydrogen-bond donors (Lipinski definition) is 1. The summed E-state index contributed by atoms with van der Waals surface area (Å²) >= 11 is 0. The third kappa shape index (κ3) is 4.35. The topological polar surface area (TPSA) is 55.3 Å². The van der Waals surface area contributed by atoms with Gasteiger partial charge < -0.3 is 14.2 Å². The summed E-state index contributed by atoms with van der Waals surface area (Å²) in [5, 5.41) is 1.96. The fourth-order valence-electron chi connectivity index (χ4n) is 2.56. The van der Waals surface area contributed by atoms with Gasteiger partial charge in [0.2, 0.25) is 0 Å². The first-order valence-electron chi connectivity index (χ1n) is 7.65. The Morgan fingerprint density at radius 3 is 2.52 bits per heavy atom. The summed E-state index contributed by atoms with van der Waals surface area (Å²) in [6.45, 7) is 1.41. The fraction of sp³-hybridized carbons (Fsp3) is 0.278. The molecule has 2 aromatic rings. The average Bonchev–Trinajstić information content (AvgIpc) is 2.65. The maximum absolute atomic E-state index is 5.33. The molecule has 1 aliphatic heterocycles. The SMILES string of the molecule is COc1ccc2c(c1)N=CN(NCc1ccc(OC)c(OC)c1)C2.Cl. The molecule has 0 amide bonds. The highest BCUT2D eigenvalue weighted by Gasteiger charge is 2.13. The fourth-order valence-corrected chi connectivity index (χ4v) is 2.56. The van der Waals surface area contributed by atoms with Gasteiger partial charge in [0.05, 0.1) is 33.6 Å². The van der Waals surface area contributed by atoms with Crippen LogP contribution in [-0.2, 0) is 13.1 Å². The first-order chi connectivity index (χ1) is 11.7. The molecule has 0 atom stereocenters. The van der Waals surface area contributed by atoms with Crippen LogP contribution >= 0.6 is 12.4 Å². The third-order valence-corrected chi connectivity index (χ3v) is 3.90. The van der Waals surface area contributed by atoms with Crippen molar-refractivity contribution in [3.8, 4) is 17.2 Å². The van der Waals surface area contributed by atoms with E-state index in [9.17, 15) is 0 Å². The second-order valence-corrected chi connectivity index (χ2v) is 5.39. The Kier molecular flexibility index (Phi) is 6.50. The Hall–Kier alpha value is -2.44. The molecular weight excluding hydrogens is 342 g/mol. The Morgan fingerprint density at radius 2 is 1.80 bits per heavy atom. The van der Waals surface area contributed by atoms with Crippen LogP contribution in [0.4, 0.5) is 5.69 Å². The summed E-state index contributed by atoms with van der Waals surface area (Å²) < 4.78 is 15.8. The lowest BCUT2D eigenvalue weighted by Crippen LogP contribution is -2.37. The summed E-state index contributed by atoms with van der Waals surface area (Å²) in [6, 6.07) is 11.8. The number of aliphatic imine (C=N–C) groups is 1. The average molecular weight is 364 g/mol. The maximum atomic E-state index is 5.33. The molecule has 25 heavy (non-hydrogen) atoms. The highest BCUT2D eigenvalue weighted by molar-refractivity contribution is 5.85. The van der Waals surface area contributed by atoms with E-state index in [1.54, 1.807) is 27.7 Å². The van der Waals surface area contributed by atoms with E-state index in [0.717, 1.165) is 40.6 Å². The molecule has 0 aliphatic carbocycles. The Balaban J connectivity index is 0.00000225. The molecule has 0 unspecified atom stereocenters. The quantitative estimate of drug-likeness (QED) is 0.853. The normalized spacial score (nSPS) is 12.2. The standard InChI is InChI=1S/C18H21N3O3.ClH/c1-22-15-6-5-14-11-21(12-19-16(14)9-15)20-10-13-4-7-17(23-2)18(8-13)24-3;/h4-9,12,20H,10-11H2,1-3H3;1H. The van der Waals surface area contributed by atoms with Crippen LogP contribution in [0.3, 0.4) is 0 Å².